The number of hydrogen-bond donors (Lipinski definition) is 2. The molecule has 0 fully saturated rings. The monoisotopic (exact) mass is 265 g/mol. The molecule has 1 atom stereocenters. The molecule has 0 bridgehead atoms. The van der Waals surface area contributed by atoms with Gasteiger partial charge in [-0.1, -0.05) is 0 Å². The van der Waals surface area contributed by atoms with Gasteiger partial charge in [0.05, 0.1) is 19.1 Å². The molecule has 0 aromatic heterocycles. The molecule has 102 valence electrons. The third-order valence-corrected chi connectivity index (χ3v) is 2.26. The molecular formula is C12H13N2O5-. The maximum absolute atomic E-state index is 11.5. The van der Waals surface area contributed by atoms with Crippen LogP contribution in [0.5, 0.6) is 5.75 Å². The summed E-state index contributed by atoms with van der Waals surface area (Å²) in [7, 11) is 1.50. The summed E-state index contributed by atoms with van der Waals surface area (Å²) in [6.07, 6.45) is 0. The molecule has 0 radical (unpaired) electrons. The average Bonchev–Trinajstić information content (AvgIpc) is 2.39. The number of carboxylic acids is 1. The highest BCUT2D eigenvalue weighted by molar-refractivity contribution is 6.39. The number of nitrogens with one attached hydrogen (secondary N) is 2. The maximum Gasteiger partial charge on any atom is 0.313 e. The molecule has 0 spiro atoms. The van der Waals surface area contributed by atoms with Crippen LogP contribution in [-0.4, -0.2) is 30.9 Å². The minimum absolute atomic E-state index is 0.391. The van der Waals surface area contributed by atoms with Gasteiger partial charge in [0.15, 0.2) is 0 Å². The van der Waals surface area contributed by atoms with E-state index in [1.165, 1.54) is 14.0 Å². The summed E-state index contributed by atoms with van der Waals surface area (Å²) in [6.45, 7) is 1.20. The van der Waals surface area contributed by atoms with E-state index in [4.69, 9.17) is 4.74 Å². The van der Waals surface area contributed by atoms with Crippen molar-refractivity contribution in [3.8, 4) is 5.75 Å². The second-order valence-electron chi connectivity index (χ2n) is 3.70. The van der Waals surface area contributed by atoms with Gasteiger partial charge in [-0.25, -0.2) is 0 Å². The minimum Gasteiger partial charge on any atom is -0.548 e. The van der Waals surface area contributed by atoms with E-state index in [0.29, 0.717) is 11.4 Å². The Morgan fingerprint density at radius 1 is 1.16 bits per heavy atom. The largest absolute Gasteiger partial charge is 0.548 e. The minimum atomic E-state index is -1.47. The summed E-state index contributed by atoms with van der Waals surface area (Å²) in [5.41, 5.74) is 0.391. The predicted molar refractivity (Wildman–Crippen MR) is 64.2 cm³/mol. The summed E-state index contributed by atoms with van der Waals surface area (Å²) >= 11 is 0. The molecule has 0 saturated carbocycles. The van der Waals surface area contributed by atoms with Gasteiger partial charge in [0.2, 0.25) is 0 Å². The molecular weight excluding hydrogens is 252 g/mol. The molecule has 1 aromatic rings. The van der Waals surface area contributed by atoms with E-state index in [2.05, 4.69) is 5.32 Å². The Labute approximate surface area is 109 Å². The van der Waals surface area contributed by atoms with E-state index < -0.39 is 23.8 Å². The lowest BCUT2D eigenvalue weighted by Crippen LogP contribution is -2.49. The van der Waals surface area contributed by atoms with Crippen LogP contribution >= 0.6 is 0 Å². The molecule has 0 aliphatic heterocycles. The van der Waals surface area contributed by atoms with E-state index in [1.54, 1.807) is 24.3 Å². The molecule has 2 amide bonds. The normalized spacial score (nSPS) is 11.3. The van der Waals surface area contributed by atoms with Crippen LogP contribution in [-0.2, 0) is 14.4 Å². The Balaban J connectivity index is 2.58. The molecule has 2 N–H and O–H groups in total. The van der Waals surface area contributed by atoms with Gasteiger partial charge >= 0.3 is 11.8 Å². The van der Waals surface area contributed by atoms with Crippen LogP contribution in [0.4, 0.5) is 5.69 Å². The first kappa shape index (κ1) is 14.5. The Morgan fingerprint density at radius 3 is 2.21 bits per heavy atom. The number of ether oxygens (including phenoxy) is 1. The number of carboxylic acid groups (broad SMARTS) is 1. The quantitative estimate of drug-likeness (QED) is 0.671. The van der Waals surface area contributed by atoms with Crippen molar-refractivity contribution in [2.45, 2.75) is 13.0 Å². The van der Waals surface area contributed by atoms with E-state index in [1.807, 2.05) is 5.32 Å². The standard InChI is InChI=1S/C12H14N2O5/c1-7(12(17)18)13-10(15)11(16)14-8-3-5-9(19-2)6-4-8/h3-7H,1-2H3,(H,13,15)(H,14,16)(H,17,18)/p-1/t7-/m0/s1. The third-order valence-electron chi connectivity index (χ3n) is 2.26. The molecule has 0 aliphatic carbocycles. The van der Waals surface area contributed by atoms with Crippen molar-refractivity contribution in [1.29, 1.82) is 0 Å². The highest BCUT2D eigenvalue weighted by Gasteiger charge is 2.16. The van der Waals surface area contributed by atoms with Gasteiger partial charge in [-0.15, -0.1) is 0 Å². The Morgan fingerprint density at radius 2 is 1.74 bits per heavy atom. The van der Waals surface area contributed by atoms with Crippen LogP contribution in [0.25, 0.3) is 0 Å². The first-order valence-electron chi connectivity index (χ1n) is 5.40. The first-order valence-corrected chi connectivity index (χ1v) is 5.40. The topological polar surface area (TPSA) is 108 Å². The lowest BCUT2D eigenvalue weighted by molar-refractivity contribution is -0.307. The lowest BCUT2D eigenvalue weighted by atomic mass is 10.3. The molecule has 0 saturated heterocycles. The Kier molecular flexibility index (Phi) is 4.87. The summed E-state index contributed by atoms with van der Waals surface area (Å²) < 4.78 is 4.94. The van der Waals surface area contributed by atoms with Gasteiger partial charge in [-0.2, -0.15) is 0 Å². The molecule has 1 aromatic carbocycles. The van der Waals surface area contributed by atoms with Gasteiger partial charge in [-0.3, -0.25) is 9.59 Å². The van der Waals surface area contributed by atoms with E-state index >= 15 is 0 Å². The SMILES string of the molecule is COc1ccc(NC(=O)C(=O)N[C@@H](C)C(=O)[O-])cc1. The van der Waals surface area contributed by atoms with Crippen LogP contribution in [0.3, 0.4) is 0 Å². The second kappa shape index (κ2) is 6.39. The number of carbonyl (C=O) groups excluding carboxylic acids is 3. The summed E-state index contributed by atoms with van der Waals surface area (Å²) in [6, 6.07) is 5.07. The average molecular weight is 265 g/mol. The fourth-order valence-corrected chi connectivity index (χ4v) is 1.18. The van der Waals surface area contributed by atoms with Gasteiger partial charge in [0.1, 0.15) is 5.75 Å². The molecule has 0 heterocycles. The number of methoxy groups -OCH3 is 1. The number of carbonyl (C=O) groups is 3. The summed E-state index contributed by atoms with van der Waals surface area (Å²) in [4.78, 5) is 33.2. The summed E-state index contributed by atoms with van der Waals surface area (Å²) in [5, 5.41) is 14.7. The smallest absolute Gasteiger partial charge is 0.313 e. The number of hydrogen-bond acceptors (Lipinski definition) is 5. The van der Waals surface area contributed by atoms with Crippen molar-refractivity contribution in [3.05, 3.63) is 24.3 Å². The number of anilines is 1. The number of amides is 2. The number of rotatable bonds is 4. The zero-order chi connectivity index (χ0) is 14.4. The first-order chi connectivity index (χ1) is 8.93. The van der Waals surface area contributed by atoms with Crippen molar-refractivity contribution in [2.75, 3.05) is 12.4 Å². The Bertz CT molecular complexity index is 483. The molecule has 7 heteroatoms. The summed E-state index contributed by atoms with van der Waals surface area (Å²) in [5.74, 6) is -2.87. The van der Waals surface area contributed by atoms with Crippen molar-refractivity contribution in [3.63, 3.8) is 0 Å². The van der Waals surface area contributed by atoms with Gasteiger partial charge < -0.3 is 25.3 Å². The van der Waals surface area contributed by atoms with Crippen LogP contribution in [0.15, 0.2) is 24.3 Å². The van der Waals surface area contributed by atoms with Crippen LogP contribution < -0.4 is 20.5 Å². The lowest BCUT2D eigenvalue weighted by Gasteiger charge is -2.14. The predicted octanol–water partition coefficient (Wildman–Crippen LogP) is -1.11. The molecule has 0 aliphatic rings. The highest BCUT2D eigenvalue weighted by atomic mass is 16.5. The van der Waals surface area contributed by atoms with Crippen LogP contribution in [0, 0.1) is 0 Å². The van der Waals surface area contributed by atoms with Crippen molar-refractivity contribution >= 4 is 23.5 Å². The van der Waals surface area contributed by atoms with Crippen molar-refractivity contribution < 1.29 is 24.2 Å². The van der Waals surface area contributed by atoms with Crippen LogP contribution in [0.1, 0.15) is 6.92 Å². The van der Waals surface area contributed by atoms with Crippen LogP contribution in [0.2, 0.25) is 0 Å². The fraction of sp³-hybridized carbons (Fsp3) is 0.250. The van der Waals surface area contributed by atoms with Gasteiger partial charge in [0.25, 0.3) is 0 Å². The van der Waals surface area contributed by atoms with E-state index in [0.717, 1.165) is 0 Å². The van der Waals surface area contributed by atoms with E-state index in [-0.39, 0.29) is 0 Å². The van der Waals surface area contributed by atoms with Gasteiger partial charge in [-0.05, 0) is 31.2 Å². The number of benzene rings is 1. The van der Waals surface area contributed by atoms with Crippen molar-refractivity contribution in [1.82, 2.24) is 5.32 Å². The molecule has 7 nitrogen and oxygen atoms in total. The van der Waals surface area contributed by atoms with Gasteiger partial charge in [0, 0.05) is 5.69 Å². The molecule has 1 rings (SSSR count). The third kappa shape index (κ3) is 4.30. The number of aliphatic carboxylic acids is 1. The zero-order valence-electron chi connectivity index (χ0n) is 10.4. The van der Waals surface area contributed by atoms with Crippen molar-refractivity contribution in [2.24, 2.45) is 0 Å². The Hall–Kier alpha value is -2.57. The second-order valence-corrected chi connectivity index (χ2v) is 3.70. The van der Waals surface area contributed by atoms with E-state index in [9.17, 15) is 19.5 Å². The maximum atomic E-state index is 11.5. The molecule has 19 heavy (non-hydrogen) atoms. The fourth-order valence-electron chi connectivity index (χ4n) is 1.18. The molecule has 0 unspecified atom stereocenters. The highest BCUT2D eigenvalue weighted by Crippen LogP contribution is 2.14. The zero-order valence-corrected chi connectivity index (χ0v) is 10.4.